The molecular weight excluding hydrogens is 274 g/mol. The minimum atomic E-state index is -3.15. The molecule has 0 aromatic heterocycles. The van der Waals surface area contributed by atoms with Crippen molar-refractivity contribution in [3.05, 3.63) is 24.3 Å². The van der Waals surface area contributed by atoms with E-state index in [-0.39, 0.29) is 5.54 Å². The number of rotatable bonds is 4. The highest BCUT2D eigenvalue weighted by Crippen LogP contribution is 2.26. The molecule has 0 unspecified atom stereocenters. The van der Waals surface area contributed by atoms with Crippen molar-refractivity contribution in [2.75, 3.05) is 12.9 Å². The van der Waals surface area contributed by atoms with Crippen LogP contribution in [0.4, 0.5) is 0 Å². The molecule has 0 aliphatic heterocycles. The summed E-state index contributed by atoms with van der Waals surface area (Å²) in [5.41, 5.74) is 6.14. The van der Waals surface area contributed by atoms with Crippen LogP contribution in [0.3, 0.4) is 0 Å². The van der Waals surface area contributed by atoms with E-state index in [1.54, 1.807) is 24.3 Å². The number of benzene rings is 1. The van der Waals surface area contributed by atoms with Gasteiger partial charge in [0.2, 0.25) is 0 Å². The number of hydrogen-bond donors (Lipinski definition) is 1. The first-order valence-electron chi connectivity index (χ1n) is 7.11. The van der Waals surface area contributed by atoms with Gasteiger partial charge in [-0.2, -0.15) is 0 Å². The number of hydrogen-bond acceptors (Lipinski definition) is 4. The molecule has 1 aromatic rings. The van der Waals surface area contributed by atoms with Crippen LogP contribution in [0.5, 0.6) is 5.75 Å². The van der Waals surface area contributed by atoms with Gasteiger partial charge in [-0.1, -0.05) is 25.7 Å². The number of nitrogens with two attached hydrogens (primary N) is 1. The van der Waals surface area contributed by atoms with Gasteiger partial charge >= 0.3 is 0 Å². The predicted octanol–water partition coefficient (Wildman–Crippen LogP) is 2.52. The lowest BCUT2D eigenvalue weighted by molar-refractivity contribution is 0.199. The van der Waals surface area contributed by atoms with Gasteiger partial charge in [-0.05, 0) is 37.1 Å². The second kappa shape index (κ2) is 6.14. The predicted molar refractivity (Wildman–Crippen MR) is 79.7 cm³/mol. The van der Waals surface area contributed by atoms with E-state index in [1.165, 1.54) is 19.1 Å². The number of sulfone groups is 1. The zero-order valence-corrected chi connectivity index (χ0v) is 12.8. The minimum absolute atomic E-state index is 0.244. The molecule has 1 aliphatic rings. The smallest absolute Gasteiger partial charge is 0.175 e. The third-order valence-corrected chi connectivity index (χ3v) is 5.01. The highest BCUT2D eigenvalue weighted by molar-refractivity contribution is 7.90. The third-order valence-electron chi connectivity index (χ3n) is 3.88. The molecule has 0 saturated heterocycles. The molecule has 0 radical (unpaired) electrons. The monoisotopic (exact) mass is 297 g/mol. The van der Waals surface area contributed by atoms with Crippen LogP contribution >= 0.6 is 0 Å². The van der Waals surface area contributed by atoms with Crippen molar-refractivity contribution in [2.24, 2.45) is 5.73 Å². The summed E-state index contributed by atoms with van der Waals surface area (Å²) in [4.78, 5) is 0.307. The van der Waals surface area contributed by atoms with Crippen molar-refractivity contribution < 1.29 is 13.2 Å². The van der Waals surface area contributed by atoms with Crippen LogP contribution in [0.1, 0.15) is 38.5 Å². The summed E-state index contributed by atoms with van der Waals surface area (Å²) in [6.45, 7) is 0.491. The fourth-order valence-electron chi connectivity index (χ4n) is 2.59. The van der Waals surface area contributed by atoms with Gasteiger partial charge < -0.3 is 10.5 Å². The van der Waals surface area contributed by atoms with Crippen molar-refractivity contribution in [3.8, 4) is 5.75 Å². The van der Waals surface area contributed by atoms with Gasteiger partial charge in [0.25, 0.3) is 0 Å². The standard InChI is InChI=1S/C15H23NO3S/c1-20(17,18)14-8-6-13(7-9-14)19-12-15(16)10-4-2-3-5-11-15/h6-9H,2-5,10-12,16H2,1H3. The summed E-state index contributed by atoms with van der Waals surface area (Å²) < 4.78 is 28.5. The molecule has 4 nitrogen and oxygen atoms in total. The molecule has 0 heterocycles. The van der Waals surface area contributed by atoms with Gasteiger partial charge in [0.05, 0.1) is 10.4 Å². The lowest BCUT2D eigenvalue weighted by atomic mass is 9.92. The molecule has 0 atom stereocenters. The SMILES string of the molecule is CS(=O)(=O)c1ccc(OCC2(N)CCCCCC2)cc1. The van der Waals surface area contributed by atoms with Crippen molar-refractivity contribution in [1.82, 2.24) is 0 Å². The van der Waals surface area contributed by atoms with Crippen molar-refractivity contribution in [3.63, 3.8) is 0 Å². The topological polar surface area (TPSA) is 69.4 Å². The Bertz CT molecular complexity index is 529. The Balaban J connectivity index is 1.96. The summed E-state index contributed by atoms with van der Waals surface area (Å²) in [5.74, 6) is 0.673. The van der Waals surface area contributed by atoms with Gasteiger partial charge in [-0.15, -0.1) is 0 Å². The first-order valence-corrected chi connectivity index (χ1v) is 9.00. The van der Waals surface area contributed by atoms with Gasteiger partial charge in [-0.3, -0.25) is 0 Å². The lowest BCUT2D eigenvalue weighted by Gasteiger charge is -2.27. The van der Waals surface area contributed by atoms with Gasteiger partial charge in [0.15, 0.2) is 9.84 Å². The second-order valence-electron chi connectivity index (χ2n) is 5.81. The molecule has 0 spiro atoms. The Morgan fingerprint density at radius 1 is 1.10 bits per heavy atom. The molecule has 0 bridgehead atoms. The molecule has 2 N–H and O–H groups in total. The van der Waals surface area contributed by atoms with Crippen molar-refractivity contribution in [2.45, 2.75) is 49.0 Å². The Hall–Kier alpha value is -1.07. The van der Waals surface area contributed by atoms with Crippen LogP contribution in [0.2, 0.25) is 0 Å². The van der Waals surface area contributed by atoms with Crippen LogP contribution in [0.15, 0.2) is 29.2 Å². The average Bonchev–Trinajstić information content (AvgIpc) is 2.61. The first-order chi connectivity index (χ1) is 9.39. The first kappa shape index (κ1) is 15.3. The maximum atomic E-state index is 11.4. The summed E-state index contributed by atoms with van der Waals surface area (Å²) >= 11 is 0. The Kier molecular flexibility index (Phi) is 4.70. The maximum Gasteiger partial charge on any atom is 0.175 e. The lowest BCUT2D eigenvalue weighted by Crippen LogP contribution is -2.45. The van der Waals surface area contributed by atoms with Crippen LogP contribution in [0.25, 0.3) is 0 Å². The Morgan fingerprint density at radius 2 is 1.65 bits per heavy atom. The Labute approximate surface area is 121 Å². The summed E-state index contributed by atoms with van der Waals surface area (Å²) in [5, 5.41) is 0. The zero-order valence-electron chi connectivity index (χ0n) is 12.0. The van der Waals surface area contributed by atoms with Crippen LogP contribution in [-0.2, 0) is 9.84 Å². The van der Waals surface area contributed by atoms with E-state index in [0.717, 1.165) is 25.7 Å². The quantitative estimate of drug-likeness (QED) is 0.867. The van der Waals surface area contributed by atoms with Gasteiger partial charge in [0, 0.05) is 6.26 Å². The minimum Gasteiger partial charge on any atom is -0.492 e. The second-order valence-corrected chi connectivity index (χ2v) is 7.82. The van der Waals surface area contributed by atoms with Crippen molar-refractivity contribution >= 4 is 9.84 Å². The van der Waals surface area contributed by atoms with E-state index in [0.29, 0.717) is 17.3 Å². The molecule has 20 heavy (non-hydrogen) atoms. The molecule has 112 valence electrons. The van der Waals surface area contributed by atoms with E-state index in [4.69, 9.17) is 10.5 Å². The molecule has 0 amide bonds. The van der Waals surface area contributed by atoms with Crippen LogP contribution < -0.4 is 10.5 Å². The van der Waals surface area contributed by atoms with E-state index in [9.17, 15) is 8.42 Å². The fraction of sp³-hybridized carbons (Fsp3) is 0.600. The number of ether oxygens (including phenoxy) is 1. The van der Waals surface area contributed by atoms with E-state index in [1.807, 2.05) is 0 Å². The van der Waals surface area contributed by atoms with Crippen molar-refractivity contribution in [1.29, 1.82) is 0 Å². The largest absolute Gasteiger partial charge is 0.492 e. The van der Waals surface area contributed by atoms with E-state index >= 15 is 0 Å². The Morgan fingerprint density at radius 3 is 2.15 bits per heavy atom. The maximum absolute atomic E-state index is 11.4. The van der Waals surface area contributed by atoms with Crippen LogP contribution in [-0.4, -0.2) is 26.8 Å². The molecule has 2 rings (SSSR count). The van der Waals surface area contributed by atoms with Gasteiger partial charge in [-0.25, -0.2) is 8.42 Å². The van der Waals surface area contributed by atoms with Gasteiger partial charge in [0.1, 0.15) is 12.4 Å². The highest BCUT2D eigenvalue weighted by Gasteiger charge is 2.27. The van der Waals surface area contributed by atoms with Crippen LogP contribution in [0, 0.1) is 0 Å². The highest BCUT2D eigenvalue weighted by atomic mass is 32.2. The fourth-order valence-corrected chi connectivity index (χ4v) is 3.22. The molecule has 5 heteroatoms. The zero-order chi connectivity index (χ0) is 14.6. The molecule has 1 saturated carbocycles. The summed E-state index contributed by atoms with van der Waals surface area (Å²) in [6, 6.07) is 6.52. The normalized spacial score (nSPS) is 19.3. The summed E-state index contributed by atoms with van der Waals surface area (Å²) in [7, 11) is -3.15. The van der Waals surface area contributed by atoms with E-state index in [2.05, 4.69) is 0 Å². The molecular formula is C15H23NO3S. The average molecular weight is 297 g/mol. The summed E-state index contributed by atoms with van der Waals surface area (Å²) in [6.07, 6.45) is 8.01. The molecule has 1 aromatic carbocycles. The third kappa shape index (κ3) is 4.21. The molecule has 1 aliphatic carbocycles. The molecule has 1 fully saturated rings. The van der Waals surface area contributed by atoms with E-state index < -0.39 is 9.84 Å².